The van der Waals surface area contributed by atoms with E-state index in [-0.39, 0.29) is 42.4 Å². The number of aliphatic imine (C=N–C) groups is 1. The summed E-state index contributed by atoms with van der Waals surface area (Å²) in [6.07, 6.45) is 4.16. The number of hydrogen-bond donors (Lipinski definition) is 1. The zero-order chi connectivity index (χ0) is 20.6. The third-order valence-electron chi connectivity index (χ3n) is 4.33. The molecule has 0 spiro atoms. The average Bonchev–Trinajstić information content (AvgIpc) is 3.28. The van der Waals surface area contributed by atoms with Gasteiger partial charge in [-0.1, -0.05) is 6.08 Å². The first-order valence-electron chi connectivity index (χ1n) is 8.90. The Morgan fingerprint density at radius 3 is 3.14 bits per heavy atom. The highest BCUT2D eigenvalue weighted by atomic mass is 32.5. The van der Waals surface area contributed by atoms with Crippen LogP contribution in [-0.4, -0.2) is 70.3 Å². The second-order valence-corrected chi connectivity index (χ2v) is 9.72. The minimum atomic E-state index is -2.82. The number of nitrogens with zero attached hydrogens (tertiary/aromatic N) is 5. The standard InChI is InChI=1S/C16H21N6O5PS/c1-4-5-24-28(29)25-7-11-10(27-28)6-12(26-11)22-9-17-13-14(22)19-16(20-15(13)23)18-8-21(2)3/h4,8-12H,1,5-7H2,2-3H3,(H,19,20,23)/b18-8+. The number of fused-ring (bicyclic) bond motifs is 2. The van der Waals surface area contributed by atoms with Crippen molar-refractivity contribution in [1.82, 2.24) is 24.4 Å². The van der Waals surface area contributed by atoms with Crippen molar-refractivity contribution in [1.29, 1.82) is 0 Å². The van der Waals surface area contributed by atoms with E-state index in [2.05, 4.69) is 26.5 Å². The number of rotatable bonds is 6. The predicted octanol–water partition coefficient (Wildman–Crippen LogP) is 1.47. The number of hydrogen-bond acceptors (Lipinski definition) is 9. The highest BCUT2D eigenvalue weighted by molar-refractivity contribution is 8.07. The van der Waals surface area contributed by atoms with Crippen LogP contribution in [-0.2, 0) is 30.1 Å². The molecule has 4 atom stereocenters. The molecule has 0 amide bonds. The van der Waals surface area contributed by atoms with Crippen molar-refractivity contribution < 1.29 is 18.3 Å². The molecule has 1 N–H and O–H groups in total. The number of aromatic amines is 1. The minimum Gasteiger partial charge on any atom is -0.369 e. The Kier molecular flexibility index (Phi) is 5.65. The van der Waals surface area contributed by atoms with Crippen LogP contribution in [0.2, 0.25) is 0 Å². The summed E-state index contributed by atoms with van der Waals surface area (Å²) in [5, 5.41) is 0. The van der Waals surface area contributed by atoms with Crippen LogP contribution in [0.5, 0.6) is 0 Å². The largest absolute Gasteiger partial charge is 0.369 e. The van der Waals surface area contributed by atoms with Crippen molar-refractivity contribution >= 4 is 42.0 Å². The van der Waals surface area contributed by atoms with E-state index in [0.717, 1.165) is 0 Å². The van der Waals surface area contributed by atoms with E-state index in [1.807, 2.05) is 14.1 Å². The summed E-state index contributed by atoms with van der Waals surface area (Å²) in [5.74, 6) is 0.182. The highest BCUT2D eigenvalue weighted by Gasteiger charge is 2.45. The summed E-state index contributed by atoms with van der Waals surface area (Å²) >= 11 is 5.39. The first kappa shape index (κ1) is 20.3. The highest BCUT2D eigenvalue weighted by Crippen LogP contribution is 2.56. The molecule has 11 nitrogen and oxygen atoms in total. The third kappa shape index (κ3) is 4.18. The fraction of sp³-hybridized carbons (Fsp3) is 0.500. The molecule has 0 aliphatic carbocycles. The zero-order valence-corrected chi connectivity index (χ0v) is 17.6. The van der Waals surface area contributed by atoms with E-state index in [9.17, 15) is 4.79 Å². The zero-order valence-electron chi connectivity index (χ0n) is 15.9. The maximum atomic E-state index is 12.3. The van der Waals surface area contributed by atoms with Crippen molar-refractivity contribution in [2.75, 3.05) is 27.3 Å². The molecule has 4 heterocycles. The maximum absolute atomic E-state index is 12.3. The molecule has 0 aromatic carbocycles. The molecule has 2 aliphatic rings. The predicted molar refractivity (Wildman–Crippen MR) is 110 cm³/mol. The molecule has 2 aliphatic heterocycles. The van der Waals surface area contributed by atoms with Gasteiger partial charge >= 0.3 is 6.72 Å². The van der Waals surface area contributed by atoms with E-state index in [4.69, 9.17) is 30.1 Å². The second kappa shape index (κ2) is 8.05. The molecule has 156 valence electrons. The first-order valence-corrected chi connectivity index (χ1v) is 11.5. The van der Waals surface area contributed by atoms with Gasteiger partial charge in [-0.05, 0) is 11.8 Å². The number of imidazole rings is 1. The summed E-state index contributed by atoms with van der Waals surface area (Å²) in [6.45, 7) is 1.31. The topological polar surface area (TPSA) is 116 Å². The summed E-state index contributed by atoms with van der Waals surface area (Å²) < 4.78 is 24.8. The summed E-state index contributed by atoms with van der Waals surface area (Å²) in [6, 6.07) is 0. The third-order valence-corrected chi connectivity index (χ3v) is 6.68. The van der Waals surface area contributed by atoms with Crippen LogP contribution in [0.25, 0.3) is 11.2 Å². The van der Waals surface area contributed by atoms with Crippen LogP contribution >= 0.6 is 6.72 Å². The van der Waals surface area contributed by atoms with Gasteiger partial charge in [0.2, 0.25) is 5.95 Å². The molecule has 2 aromatic heterocycles. The first-order chi connectivity index (χ1) is 13.9. The molecule has 0 saturated carbocycles. The van der Waals surface area contributed by atoms with E-state index < -0.39 is 12.9 Å². The molecule has 2 aromatic rings. The smallest absolute Gasteiger partial charge is 0.327 e. The van der Waals surface area contributed by atoms with Gasteiger partial charge < -0.3 is 23.2 Å². The van der Waals surface area contributed by atoms with Crippen LogP contribution in [0.1, 0.15) is 12.6 Å². The molecule has 13 heteroatoms. The maximum Gasteiger partial charge on any atom is 0.327 e. The van der Waals surface area contributed by atoms with Crippen LogP contribution < -0.4 is 5.56 Å². The van der Waals surface area contributed by atoms with Gasteiger partial charge in [-0.15, -0.1) is 6.58 Å². The number of nitrogens with one attached hydrogen (secondary N) is 1. The van der Waals surface area contributed by atoms with Gasteiger partial charge in [0.15, 0.2) is 11.2 Å². The molecule has 4 unspecified atom stereocenters. The lowest BCUT2D eigenvalue weighted by atomic mass is 10.2. The van der Waals surface area contributed by atoms with E-state index in [1.165, 1.54) is 6.33 Å². The Bertz CT molecular complexity index is 1050. The quantitative estimate of drug-likeness (QED) is 0.308. The van der Waals surface area contributed by atoms with Crippen LogP contribution in [0.3, 0.4) is 0 Å². The second-order valence-electron chi connectivity index (χ2n) is 6.76. The molecule has 2 saturated heterocycles. The SMILES string of the molecule is C=CCOP1(=S)OCC2OC(n3cnc4c(=O)[nH]c(/N=C/N(C)C)nc43)CC2O1. The van der Waals surface area contributed by atoms with Crippen molar-refractivity contribution in [3.63, 3.8) is 0 Å². The molecule has 2 fully saturated rings. The lowest BCUT2D eigenvalue weighted by molar-refractivity contribution is -0.0603. The van der Waals surface area contributed by atoms with Crippen molar-refractivity contribution in [3.05, 3.63) is 29.3 Å². The Labute approximate surface area is 171 Å². The lowest BCUT2D eigenvalue weighted by Crippen LogP contribution is -2.33. The molecular weight excluding hydrogens is 419 g/mol. The van der Waals surface area contributed by atoms with Crippen molar-refractivity contribution in [3.8, 4) is 0 Å². The van der Waals surface area contributed by atoms with Crippen molar-refractivity contribution in [2.24, 2.45) is 4.99 Å². The lowest BCUT2D eigenvalue weighted by Gasteiger charge is -2.32. The Morgan fingerprint density at radius 1 is 1.55 bits per heavy atom. The monoisotopic (exact) mass is 440 g/mol. The number of H-pyrrole nitrogens is 1. The van der Waals surface area contributed by atoms with Gasteiger partial charge in [-0.3, -0.25) is 14.3 Å². The van der Waals surface area contributed by atoms with Gasteiger partial charge in [0.25, 0.3) is 5.56 Å². The Balaban J connectivity index is 1.59. The number of ether oxygens (including phenoxy) is 1. The van der Waals surface area contributed by atoms with Crippen LogP contribution in [0.15, 0.2) is 28.8 Å². The van der Waals surface area contributed by atoms with Gasteiger partial charge in [-0.2, -0.15) is 4.98 Å². The van der Waals surface area contributed by atoms with E-state index in [1.54, 1.807) is 21.9 Å². The van der Waals surface area contributed by atoms with E-state index in [0.29, 0.717) is 12.1 Å². The summed E-state index contributed by atoms with van der Waals surface area (Å²) in [7, 11) is 3.64. The molecule has 29 heavy (non-hydrogen) atoms. The minimum absolute atomic E-state index is 0.182. The molecule has 0 radical (unpaired) electrons. The summed E-state index contributed by atoms with van der Waals surface area (Å²) in [5.41, 5.74) is 0.221. The fourth-order valence-corrected chi connectivity index (χ4v) is 5.13. The Morgan fingerprint density at radius 2 is 2.38 bits per heavy atom. The fourth-order valence-electron chi connectivity index (χ4n) is 3.06. The van der Waals surface area contributed by atoms with Crippen LogP contribution in [0.4, 0.5) is 5.95 Å². The molecular formula is C16H21N6O5PS. The van der Waals surface area contributed by atoms with Gasteiger partial charge in [-0.25, -0.2) is 9.98 Å². The van der Waals surface area contributed by atoms with Crippen LogP contribution in [0, 0.1) is 0 Å². The van der Waals surface area contributed by atoms with Gasteiger partial charge in [0.1, 0.15) is 12.3 Å². The number of aromatic nitrogens is 4. The molecule has 4 rings (SSSR count). The van der Waals surface area contributed by atoms with E-state index >= 15 is 0 Å². The molecule has 0 bridgehead atoms. The van der Waals surface area contributed by atoms with Gasteiger partial charge in [0, 0.05) is 20.5 Å². The van der Waals surface area contributed by atoms with Crippen molar-refractivity contribution in [2.45, 2.75) is 24.9 Å². The average molecular weight is 440 g/mol. The Hall–Kier alpha value is -1.95. The summed E-state index contributed by atoms with van der Waals surface area (Å²) in [4.78, 5) is 29.4. The normalized spacial score (nSPS) is 29.4. The van der Waals surface area contributed by atoms with Gasteiger partial charge in [0.05, 0.1) is 32.0 Å².